The van der Waals surface area contributed by atoms with Crippen molar-refractivity contribution >= 4 is 11.6 Å². The van der Waals surface area contributed by atoms with Crippen LogP contribution in [0.25, 0.3) is 0 Å². The predicted molar refractivity (Wildman–Crippen MR) is 70.6 cm³/mol. The second kappa shape index (κ2) is 5.07. The Kier molecular flexibility index (Phi) is 3.65. The molecule has 1 saturated heterocycles. The third-order valence-corrected chi connectivity index (χ3v) is 5.17. The SMILES string of the molecule is ClC1CC(NCC2CCC3(CCCCC3)O2)C1. The van der Waals surface area contributed by atoms with Gasteiger partial charge in [0.2, 0.25) is 0 Å². The maximum atomic E-state index is 6.34. The molecule has 0 aromatic carbocycles. The first-order valence-electron chi connectivity index (χ1n) is 7.31. The second-order valence-electron chi connectivity index (χ2n) is 6.20. The lowest BCUT2D eigenvalue weighted by Crippen LogP contribution is -2.45. The molecule has 1 atom stereocenters. The van der Waals surface area contributed by atoms with E-state index < -0.39 is 0 Å². The Bertz CT molecular complexity index is 259. The Hall–Kier alpha value is 0.210. The van der Waals surface area contributed by atoms with Gasteiger partial charge in [-0.1, -0.05) is 19.3 Å². The lowest BCUT2D eigenvalue weighted by molar-refractivity contribution is -0.0634. The molecule has 1 aliphatic heterocycles. The minimum Gasteiger partial charge on any atom is -0.370 e. The highest BCUT2D eigenvalue weighted by Crippen LogP contribution is 2.41. The highest BCUT2D eigenvalue weighted by molar-refractivity contribution is 6.21. The lowest BCUT2D eigenvalue weighted by Gasteiger charge is -2.35. The Morgan fingerprint density at radius 3 is 2.59 bits per heavy atom. The molecule has 2 nitrogen and oxygen atoms in total. The van der Waals surface area contributed by atoms with Crippen LogP contribution < -0.4 is 5.32 Å². The van der Waals surface area contributed by atoms with Gasteiger partial charge in [-0.2, -0.15) is 0 Å². The topological polar surface area (TPSA) is 21.3 Å². The fourth-order valence-corrected chi connectivity index (χ4v) is 4.05. The van der Waals surface area contributed by atoms with E-state index in [4.69, 9.17) is 16.3 Å². The molecular formula is C14H24ClNO. The molecule has 1 N–H and O–H groups in total. The van der Waals surface area contributed by atoms with E-state index in [-0.39, 0.29) is 5.60 Å². The van der Waals surface area contributed by atoms with Crippen LogP contribution in [0.2, 0.25) is 0 Å². The van der Waals surface area contributed by atoms with Crippen LogP contribution in [0.15, 0.2) is 0 Å². The molecule has 0 amide bonds. The summed E-state index contributed by atoms with van der Waals surface area (Å²) in [6.07, 6.45) is 12.0. The fourth-order valence-electron chi connectivity index (χ4n) is 3.62. The van der Waals surface area contributed by atoms with Crippen LogP contribution in [0.5, 0.6) is 0 Å². The Morgan fingerprint density at radius 2 is 1.88 bits per heavy atom. The van der Waals surface area contributed by atoms with Crippen LogP contribution in [0.4, 0.5) is 0 Å². The van der Waals surface area contributed by atoms with Gasteiger partial charge in [0.15, 0.2) is 0 Å². The van der Waals surface area contributed by atoms with Gasteiger partial charge < -0.3 is 10.1 Å². The van der Waals surface area contributed by atoms with E-state index in [1.165, 1.54) is 44.9 Å². The first-order valence-corrected chi connectivity index (χ1v) is 7.75. The molecule has 2 aliphatic carbocycles. The molecule has 1 unspecified atom stereocenters. The maximum Gasteiger partial charge on any atom is 0.0708 e. The molecule has 3 fully saturated rings. The van der Waals surface area contributed by atoms with Crippen LogP contribution in [0.1, 0.15) is 57.8 Å². The van der Waals surface area contributed by atoms with Crippen molar-refractivity contribution in [1.82, 2.24) is 5.32 Å². The molecule has 0 aromatic rings. The van der Waals surface area contributed by atoms with Crippen LogP contribution >= 0.6 is 11.6 Å². The van der Waals surface area contributed by atoms with Gasteiger partial charge in [-0.3, -0.25) is 0 Å². The van der Waals surface area contributed by atoms with Crippen LogP contribution in [-0.4, -0.2) is 29.7 Å². The molecule has 2 saturated carbocycles. The third kappa shape index (κ3) is 2.80. The number of ether oxygens (including phenoxy) is 1. The van der Waals surface area contributed by atoms with Gasteiger partial charge >= 0.3 is 0 Å². The van der Waals surface area contributed by atoms with E-state index in [1.54, 1.807) is 0 Å². The molecular weight excluding hydrogens is 234 g/mol. The number of hydrogen-bond donors (Lipinski definition) is 1. The van der Waals surface area contributed by atoms with Gasteiger partial charge in [-0.05, 0) is 38.5 Å². The molecule has 1 heterocycles. The molecule has 3 rings (SSSR count). The molecule has 0 aromatic heterocycles. The van der Waals surface area contributed by atoms with Crippen molar-refractivity contribution in [2.75, 3.05) is 6.54 Å². The molecule has 3 heteroatoms. The first-order chi connectivity index (χ1) is 8.26. The van der Waals surface area contributed by atoms with E-state index in [9.17, 15) is 0 Å². The molecule has 1 spiro atoms. The second-order valence-corrected chi connectivity index (χ2v) is 6.81. The number of halogens is 1. The zero-order chi connectivity index (χ0) is 11.7. The van der Waals surface area contributed by atoms with Gasteiger partial charge in [0.05, 0.1) is 11.7 Å². The van der Waals surface area contributed by atoms with Crippen molar-refractivity contribution in [3.63, 3.8) is 0 Å². The maximum absolute atomic E-state index is 6.34. The summed E-state index contributed by atoms with van der Waals surface area (Å²) in [6, 6.07) is 0.656. The minimum atomic E-state index is 0.277. The summed E-state index contributed by atoms with van der Waals surface area (Å²) in [4.78, 5) is 0. The van der Waals surface area contributed by atoms with E-state index in [0.29, 0.717) is 17.5 Å². The lowest BCUT2D eigenvalue weighted by atomic mass is 9.83. The summed E-state index contributed by atoms with van der Waals surface area (Å²) >= 11 is 5.98. The van der Waals surface area contributed by atoms with E-state index in [1.807, 2.05) is 0 Å². The van der Waals surface area contributed by atoms with Crippen LogP contribution in [0, 0.1) is 0 Å². The summed E-state index contributed by atoms with van der Waals surface area (Å²) < 4.78 is 6.34. The number of alkyl halides is 1. The van der Waals surface area contributed by atoms with Gasteiger partial charge in [0.1, 0.15) is 0 Å². The van der Waals surface area contributed by atoms with Crippen molar-refractivity contribution in [1.29, 1.82) is 0 Å². The quantitative estimate of drug-likeness (QED) is 0.784. The fraction of sp³-hybridized carbons (Fsp3) is 1.00. The molecule has 0 bridgehead atoms. The van der Waals surface area contributed by atoms with Crippen molar-refractivity contribution in [2.24, 2.45) is 0 Å². The Morgan fingerprint density at radius 1 is 1.12 bits per heavy atom. The normalized spacial score (nSPS) is 40.4. The van der Waals surface area contributed by atoms with Crippen molar-refractivity contribution in [3.05, 3.63) is 0 Å². The molecule has 98 valence electrons. The standard InChI is InChI=1S/C14H24ClNO/c15-11-8-12(9-11)16-10-13-4-7-14(17-13)5-2-1-3-6-14/h11-13,16H,1-10H2. The average molecular weight is 258 g/mol. The summed E-state index contributed by atoms with van der Waals surface area (Å²) in [5, 5.41) is 4.02. The van der Waals surface area contributed by atoms with Gasteiger partial charge in [-0.15, -0.1) is 11.6 Å². The van der Waals surface area contributed by atoms with Gasteiger partial charge in [0.25, 0.3) is 0 Å². The highest BCUT2D eigenvalue weighted by atomic mass is 35.5. The predicted octanol–water partition coefficient (Wildman–Crippen LogP) is 3.23. The van der Waals surface area contributed by atoms with Crippen molar-refractivity contribution < 1.29 is 4.74 Å². The monoisotopic (exact) mass is 257 g/mol. The van der Waals surface area contributed by atoms with E-state index in [0.717, 1.165) is 19.4 Å². The highest BCUT2D eigenvalue weighted by Gasteiger charge is 2.41. The van der Waals surface area contributed by atoms with Crippen molar-refractivity contribution in [2.45, 2.75) is 80.9 Å². The summed E-state index contributed by atoms with van der Waals surface area (Å²) in [6.45, 7) is 1.04. The zero-order valence-corrected chi connectivity index (χ0v) is 11.3. The Labute approximate surface area is 109 Å². The van der Waals surface area contributed by atoms with E-state index >= 15 is 0 Å². The van der Waals surface area contributed by atoms with E-state index in [2.05, 4.69) is 5.32 Å². The van der Waals surface area contributed by atoms with Gasteiger partial charge in [0, 0.05) is 18.0 Å². The smallest absolute Gasteiger partial charge is 0.0708 e. The molecule has 17 heavy (non-hydrogen) atoms. The summed E-state index contributed by atoms with van der Waals surface area (Å²) in [7, 11) is 0. The third-order valence-electron chi connectivity index (χ3n) is 4.82. The van der Waals surface area contributed by atoms with Crippen molar-refractivity contribution in [3.8, 4) is 0 Å². The number of nitrogens with one attached hydrogen (secondary N) is 1. The first kappa shape index (κ1) is 12.3. The number of hydrogen-bond acceptors (Lipinski definition) is 2. The minimum absolute atomic E-state index is 0.277. The summed E-state index contributed by atoms with van der Waals surface area (Å²) in [5.41, 5.74) is 0.277. The average Bonchev–Trinajstić information content (AvgIpc) is 2.67. The largest absolute Gasteiger partial charge is 0.370 e. The van der Waals surface area contributed by atoms with Crippen LogP contribution in [-0.2, 0) is 4.74 Å². The zero-order valence-electron chi connectivity index (χ0n) is 10.6. The van der Waals surface area contributed by atoms with Gasteiger partial charge in [-0.25, -0.2) is 0 Å². The Balaban J connectivity index is 1.41. The summed E-state index contributed by atoms with van der Waals surface area (Å²) in [5.74, 6) is 0. The number of rotatable bonds is 3. The molecule has 0 radical (unpaired) electrons. The van der Waals surface area contributed by atoms with Crippen LogP contribution in [0.3, 0.4) is 0 Å². The molecule has 3 aliphatic rings.